The lowest BCUT2D eigenvalue weighted by Gasteiger charge is -2.34. The highest BCUT2D eigenvalue weighted by Gasteiger charge is 2.30. The molecule has 7 nitrogen and oxygen atoms in total. The third-order valence-electron chi connectivity index (χ3n) is 4.37. The lowest BCUT2D eigenvalue weighted by molar-refractivity contribution is 0.134. The van der Waals surface area contributed by atoms with Crippen LogP contribution in [0.3, 0.4) is 0 Å². The van der Waals surface area contributed by atoms with Crippen molar-refractivity contribution < 1.29 is 12.9 Å². The van der Waals surface area contributed by atoms with Crippen molar-refractivity contribution in [3.8, 4) is 0 Å². The number of hydrogen-bond acceptors (Lipinski definition) is 6. The van der Waals surface area contributed by atoms with Gasteiger partial charge in [0.15, 0.2) is 5.82 Å². The monoisotopic (exact) mass is 358 g/mol. The molecule has 1 aromatic rings. The number of piperidine rings is 1. The Bertz CT molecular complexity index is 628. The highest BCUT2D eigenvalue weighted by atomic mass is 32.2. The molecule has 0 aliphatic carbocycles. The van der Waals surface area contributed by atoms with Gasteiger partial charge in [-0.1, -0.05) is 32.9 Å². The Balaban J connectivity index is 1.91. The molecular formula is C16H30N4O3S. The molecule has 0 radical (unpaired) electrons. The van der Waals surface area contributed by atoms with Crippen LogP contribution in [0.5, 0.6) is 0 Å². The molecule has 0 aromatic carbocycles. The molecule has 1 aliphatic rings. The standard InChI is InChI=1S/C16H30N4O3S/c1-6-11-24(21,22)19-13-7-9-20(10-8-13)12(2)14-17-15(18-23-14)16(3,4)5/h12-13,19H,6-11H2,1-5H3/t12-/m0/s1. The van der Waals surface area contributed by atoms with E-state index < -0.39 is 10.0 Å². The van der Waals surface area contributed by atoms with Crippen LogP contribution in [0.15, 0.2) is 4.52 Å². The van der Waals surface area contributed by atoms with E-state index in [1.807, 2.05) is 6.92 Å². The lowest BCUT2D eigenvalue weighted by atomic mass is 9.96. The predicted molar refractivity (Wildman–Crippen MR) is 93.2 cm³/mol. The van der Waals surface area contributed by atoms with Gasteiger partial charge in [-0.05, 0) is 26.2 Å². The van der Waals surface area contributed by atoms with Crippen LogP contribution < -0.4 is 4.72 Å². The SMILES string of the molecule is CCCS(=O)(=O)NC1CCN([C@@H](C)c2nc(C(C)(C)C)no2)CC1. The zero-order chi connectivity index (χ0) is 18.0. The molecule has 0 amide bonds. The highest BCUT2D eigenvalue weighted by molar-refractivity contribution is 7.89. The minimum absolute atomic E-state index is 0.0258. The van der Waals surface area contributed by atoms with Crippen LogP contribution in [-0.2, 0) is 15.4 Å². The van der Waals surface area contributed by atoms with Crippen molar-refractivity contribution in [3.05, 3.63) is 11.7 Å². The summed E-state index contributed by atoms with van der Waals surface area (Å²) in [5.74, 6) is 1.54. The molecule has 0 bridgehead atoms. The fraction of sp³-hybridized carbons (Fsp3) is 0.875. The van der Waals surface area contributed by atoms with Gasteiger partial charge in [0.2, 0.25) is 15.9 Å². The number of nitrogens with one attached hydrogen (secondary N) is 1. The Hall–Kier alpha value is -0.990. The molecule has 0 saturated carbocycles. The summed E-state index contributed by atoms with van der Waals surface area (Å²) < 4.78 is 32.0. The average molecular weight is 359 g/mol. The lowest BCUT2D eigenvalue weighted by Crippen LogP contribution is -2.45. The van der Waals surface area contributed by atoms with Crippen LogP contribution in [0.25, 0.3) is 0 Å². The van der Waals surface area contributed by atoms with E-state index in [4.69, 9.17) is 4.52 Å². The van der Waals surface area contributed by atoms with Crippen LogP contribution in [0.4, 0.5) is 0 Å². The smallest absolute Gasteiger partial charge is 0.243 e. The van der Waals surface area contributed by atoms with Gasteiger partial charge < -0.3 is 4.52 Å². The summed E-state index contributed by atoms with van der Waals surface area (Å²) in [6.45, 7) is 11.7. The second-order valence-electron chi connectivity index (χ2n) is 7.63. The number of nitrogens with zero attached hydrogens (tertiary/aromatic N) is 3. The Labute approximate surface area is 145 Å². The molecule has 2 heterocycles. The molecule has 0 spiro atoms. The van der Waals surface area contributed by atoms with Crippen LogP contribution in [0.2, 0.25) is 0 Å². The van der Waals surface area contributed by atoms with Crippen LogP contribution >= 0.6 is 0 Å². The Morgan fingerprint density at radius 3 is 2.46 bits per heavy atom. The summed E-state index contributed by atoms with van der Waals surface area (Å²) in [6.07, 6.45) is 2.24. The molecule has 8 heteroatoms. The van der Waals surface area contributed by atoms with Crippen molar-refractivity contribution in [1.82, 2.24) is 19.8 Å². The van der Waals surface area contributed by atoms with Crippen LogP contribution in [0, 0.1) is 0 Å². The normalized spacial score (nSPS) is 19.5. The van der Waals surface area contributed by atoms with Crippen molar-refractivity contribution in [1.29, 1.82) is 0 Å². The molecule has 1 aromatic heterocycles. The fourth-order valence-corrected chi connectivity index (χ4v) is 4.25. The molecule has 1 fully saturated rings. The zero-order valence-electron chi connectivity index (χ0n) is 15.4. The molecule has 1 saturated heterocycles. The van der Waals surface area contributed by atoms with Crippen LogP contribution in [-0.4, -0.2) is 48.3 Å². The summed E-state index contributed by atoms with van der Waals surface area (Å²) >= 11 is 0. The summed E-state index contributed by atoms with van der Waals surface area (Å²) in [4.78, 5) is 6.80. The van der Waals surface area contributed by atoms with E-state index >= 15 is 0 Å². The average Bonchev–Trinajstić information content (AvgIpc) is 2.96. The van der Waals surface area contributed by atoms with E-state index in [0.717, 1.165) is 25.9 Å². The molecule has 0 unspecified atom stereocenters. The molecule has 1 atom stereocenters. The zero-order valence-corrected chi connectivity index (χ0v) is 16.2. The van der Waals surface area contributed by atoms with Crippen molar-refractivity contribution in [3.63, 3.8) is 0 Å². The maximum absolute atomic E-state index is 11.9. The van der Waals surface area contributed by atoms with Gasteiger partial charge in [0.1, 0.15) is 0 Å². The second-order valence-corrected chi connectivity index (χ2v) is 9.50. The van der Waals surface area contributed by atoms with Gasteiger partial charge in [-0.2, -0.15) is 4.98 Å². The molecule has 2 rings (SSSR count). The van der Waals surface area contributed by atoms with Gasteiger partial charge in [0.05, 0.1) is 11.8 Å². The third kappa shape index (κ3) is 5.00. The van der Waals surface area contributed by atoms with E-state index in [9.17, 15) is 8.42 Å². The summed E-state index contributed by atoms with van der Waals surface area (Å²) in [5.41, 5.74) is -0.133. The second kappa shape index (κ2) is 7.49. The van der Waals surface area contributed by atoms with Crippen molar-refractivity contribution in [2.75, 3.05) is 18.8 Å². The van der Waals surface area contributed by atoms with Gasteiger partial charge in [0, 0.05) is 24.5 Å². The van der Waals surface area contributed by atoms with Crippen molar-refractivity contribution in [2.45, 2.75) is 71.4 Å². The summed E-state index contributed by atoms with van der Waals surface area (Å²) in [7, 11) is -3.14. The number of rotatable bonds is 6. The topological polar surface area (TPSA) is 88.3 Å². The Morgan fingerprint density at radius 2 is 1.96 bits per heavy atom. The number of aromatic nitrogens is 2. The number of sulfonamides is 1. The summed E-state index contributed by atoms with van der Waals surface area (Å²) in [6, 6.07) is 0.0691. The van der Waals surface area contributed by atoms with E-state index in [-0.39, 0.29) is 23.3 Å². The maximum atomic E-state index is 11.9. The molecule has 1 N–H and O–H groups in total. The molecule has 1 aliphatic heterocycles. The maximum Gasteiger partial charge on any atom is 0.243 e. The third-order valence-corrected chi connectivity index (χ3v) is 6.00. The quantitative estimate of drug-likeness (QED) is 0.839. The first kappa shape index (κ1) is 19.3. The minimum Gasteiger partial charge on any atom is -0.338 e. The summed E-state index contributed by atoms with van der Waals surface area (Å²) in [5, 5.41) is 4.08. The fourth-order valence-electron chi connectivity index (χ4n) is 2.85. The first-order valence-corrected chi connectivity index (χ1v) is 10.4. The van der Waals surface area contributed by atoms with Gasteiger partial charge in [0.25, 0.3) is 0 Å². The van der Waals surface area contributed by atoms with Crippen LogP contribution in [0.1, 0.15) is 71.6 Å². The van der Waals surface area contributed by atoms with E-state index in [0.29, 0.717) is 18.1 Å². The first-order chi connectivity index (χ1) is 11.1. The predicted octanol–water partition coefficient (Wildman–Crippen LogP) is 2.22. The minimum atomic E-state index is -3.14. The van der Waals surface area contributed by atoms with Gasteiger partial charge >= 0.3 is 0 Å². The van der Waals surface area contributed by atoms with E-state index in [1.54, 1.807) is 0 Å². The number of hydrogen-bond donors (Lipinski definition) is 1. The first-order valence-electron chi connectivity index (χ1n) is 8.70. The largest absolute Gasteiger partial charge is 0.338 e. The number of likely N-dealkylation sites (tertiary alicyclic amines) is 1. The molecule has 24 heavy (non-hydrogen) atoms. The van der Waals surface area contributed by atoms with E-state index in [1.165, 1.54) is 0 Å². The van der Waals surface area contributed by atoms with Gasteiger partial charge in [-0.25, -0.2) is 13.1 Å². The molecular weight excluding hydrogens is 328 g/mol. The molecule has 138 valence electrons. The van der Waals surface area contributed by atoms with E-state index in [2.05, 4.69) is 47.5 Å². The van der Waals surface area contributed by atoms with Crippen molar-refractivity contribution >= 4 is 10.0 Å². The van der Waals surface area contributed by atoms with Crippen molar-refractivity contribution in [2.24, 2.45) is 0 Å². The highest BCUT2D eigenvalue weighted by Crippen LogP contribution is 2.26. The van der Waals surface area contributed by atoms with Gasteiger partial charge in [-0.15, -0.1) is 0 Å². The van der Waals surface area contributed by atoms with Gasteiger partial charge in [-0.3, -0.25) is 4.90 Å². The Kier molecular flexibility index (Phi) is 6.04. The Morgan fingerprint density at radius 1 is 1.33 bits per heavy atom.